The summed E-state index contributed by atoms with van der Waals surface area (Å²) >= 11 is 0. The minimum Gasteiger partial charge on any atom is -0.497 e. The third-order valence-electron chi connectivity index (χ3n) is 6.40. The summed E-state index contributed by atoms with van der Waals surface area (Å²) in [6, 6.07) is 25.0. The molecule has 1 saturated heterocycles. The topological polar surface area (TPSA) is 42.0 Å². The molecule has 1 aliphatic heterocycles. The number of amides is 1. The molecular formula is C27H26N2O3. The first-order valence-electron chi connectivity index (χ1n) is 10.8. The molecule has 1 amide bonds. The summed E-state index contributed by atoms with van der Waals surface area (Å²) in [6.07, 6.45) is 0.991. The number of anilines is 1. The SMILES string of the molecule is COc1cc(OC)cc(N2CCN(C=O)C(c3c4ccccc4cc4ccccc34)C2)c1. The van der Waals surface area contributed by atoms with Gasteiger partial charge < -0.3 is 19.3 Å². The first-order valence-corrected chi connectivity index (χ1v) is 10.8. The Hall–Kier alpha value is -3.73. The van der Waals surface area contributed by atoms with Crippen LogP contribution in [0.15, 0.2) is 72.8 Å². The Kier molecular flexibility index (Phi) is 5.31. The van der Waals surface area contributed by atoms with Gasteiger partial charge in [0.2, 0.25) is 6.41 Å². The zero-order valence-electron chi connectivity index (χ0n) is 18.3. The highest BCUT2D eigenvalue weighted by Gasteiger charge is 2.30. The number of benzene rings is 4. The first-order chi connectivity index (χ1) is 15.7. The molecule has 4 aromatic carbocycles. The third-order valence-corrected chi connectivity index (χ3v) is 6.40. The highest BCUT2D eigenvalue weighted by atomic mass is 16.5. The molecule has 0 spiro atoms. The van der Waals surface area contributed by atoms with Crippen LogP contribution in [0.25, 0.3) is 21.5 Å². The van der Waals surface area contributed by atoms with Gasteiger partial charge in [-0.1, -0.05) is 48.5 Å². The Bertz CT molecular complexity index is 1210. The fraction of sp³-hybridized carbons (Fsp3) is 0.222. The van der Waals surface area contributed by atoms with Gasteiger partial charge in [-0.2, -0.15) is 0 Å². The number of piperazine rings is 1. The van der Waals surface area contributed by atoms with Gasteiger partial charge in [-0.25, -0.2) is 0 Å². The molecule has 5 rings (SSSR count). The van der Waals surface area contributed by atoms with Crippen LogP contribution >= 0.6 is 0 Å². The van der Waals surface area contributed by atoms with Crippen molar-refractivity contribution >= 4 is 33.6 Å². The minimum absolute atomic E-state index is 0.0746. The minimum atomic E-state index is -0.0746. The average Bonchev–Trinajstić information content (AvgIpc) is 2.86. The lowest BCUT2D eigenvalue weighted by Gasteiger charge is -2.41. The van der Waals surface area contributed by atoms with E-state index in [1.54, 1.807) is 14.2 Å². The van der Waals surface area contributed by atoms with Gasteiger partial charge in [0.1, 0.15) is 11.5 Å². The molecule has 1 fully saturated rings. The van der Waals surface area contributed by atoms with Crippen LogP contribution in [-0.2, 0) is 4.79 Å². The van der Waals surface area contributed by atoms with Gasteiger partial charge >= 0.3 is 0 Å². The van der Waals surface area contributed by atoms with Crippen LogP contribution in [0.5, 0.6) is 11.5 Å². The van der Waals surface area contributed by atoms with E-state index >= 15 is 0 Å². The van der Waals surface area contributed by atoms with Gasteiger partial charge in [0.15, 0.2) is 0 Å². The second-order valence-corrected chi connectivity index (χ2v) is 8.11. The van der Waals surface area contributed by atoms with Crippen molar-refractivity contribution in [1.29, 1.82) is 0 Å². The number of methoxy groups -OCH3 is 2. The molecule has 0 bridgehead atoms. The highest BCUT2D eigenvalue weighted by molar-refractivity contribution is 6.03. The Morgan fingerprint density at radius 2 is 1.41 bits per heavy atom. The maximum Gasteiger partial charge on any atom is 0.210 e. The van der Waals surface area contributed by atoms with Crippen LogP contribution in [0.4, 0.5) is 5.69 Å². The van der Waals surface area contributed by atoms with Crippen molar-refractivity contribution in [2.45, 2.75) is 6.04 Å². The zero-order valence-corrected chi connectivity index (χ0v) is 18.3. The number of hydrogen-bond donors (Lipinski definition) is 0. The summed E-state index contributed by atoms with van der Waals surface area (Å²) in [5, 5.41) is 4.75. The van der Waals surface area contributed by atoms with E-state index in [4.69, 9.17) is 9.47 Å². The largest absolute Gasteiger partial charge is 0.497 e. The van der Waals surface area contributed by atoms with E-state index in [-0.39, 0.29) is 6.04 Å². The van der Waals surface area contributed by atoms with Crippen molar-refractivity contribution in [2.24, 2.45) is 0 Å². The maximum absolute atomic E-state index is 12.1. The molecule has 0 radical (unpaired) electrons. The predicted octanol–water partition coefficient (Wildman–Crippen LogP) is 5.03. The van der Waals surface area contributed by atoms with Gasteiger partial charge in [-0.3, -0.25) is 4.79 Å². The lowest BCUT2D eigenvalue weighted by Crippen LogP contribution is -2.48. The molecular weight excluding hydrogens is 400 g/mol. The lowest BCUT2D eigenvalue weighted by molar-refractivity contribution is -0.120. The van der Waals surface area contributed by atoms with E-state index < -0.39 is 0 Å². The molecule has 5 nitrogen and oxygen atoms in total. The molecule has 5 heteroatoms. The fourth-order valence-corrected chi connectivity index (χ4v) is 4.80. The van der Waals surface area contributed by atoms with Crippen LogP contribution in [0, 0.1) is 0 Å². The molecule has 0 aromatic heterocycles. The van der Waals surface area contributed by atoms with Crippen molar-refractivity contribution in [3.63, 3.8) is 0 Å². The van der Waals surface area contributed by atoms with Gasteiger partial charge in [0.25, 0.3) is 0 Å². The van der Waals surface area contributed by atoms with E-state index in [2.05, 4.69) is 59.5 Å². The molecule has 4 aromatic rings. The maximum atomic E-state index is 12.1. The van der Waals surface area contributed by atoms with E-state index in [0.29, 0.717) is 13.1 Å². The summed E-state index contributed by atoms with van der Waals surface area (Å²) in [6.45, 7) is 2.08. The van der Waals surface area contributed by atoms with Gasteiger partial charge in [-0.15, -0.1) is 0 Å². The van der Waals surface area contributed by atoms with Crippen molar-refractivity contribution in [3.8, 4) is 11.5 Å². The Morgan fingerprint density at radius 1 is 0.812 bits per heavy atom. The first kappa shape index (κ1) is 20.2. The molecule has 1 unspecified atom stereocenters. The van der Waals surface area contributed by atoms with E-state index in [9.17, 15) is 4.79 Å². The number of nitrogens with zero attached hydrogens (tertiary/aromatic N) is 2. The molecule has 1 atom stereocenters. The van der Waals surface area contributed by atoms with Gasteiger partial charge in [-0.05, 0) is 33.2 Å². The van der Waals surface area contributed by atoms with Gasteiger partial charge in [0.05, 0.1) is 20.3 Å². The molecule has 0 aliphatic carbocycles. The summed E-state index contributed by atoms with van der Waals surface area (Å²) in [5.41, 5.74) is 2.23. The van der Waals surface area contributed by atoms with E-state index in [1.165, 1.54) is 27.1 Å². The van der Waals surface area contributed by atoms with Crippen LogP contribution in [0.2, 0.25) is 0 Å². The van der Waals surface area contributed by atoms with Crippen molar-refractivity contribution < 1.29 is 14.3 Å². The van der Waals surface area contributed by atoms with E-state index in [0.717, 1.165) is 30.1 Å². The smallest absolute Gasteiger partial charge is 0.210 e. The van der Waals surface area contributed by atoms with Crippen LogP contribution in [-0.4, -0.2) is 45.2 Å². The number of ether oxygens (including phenoxy) is 2. The Balaban J connectivity index is 1.65. The summed E-state index contributed by atoms with van der Waals surface area (Å²) < 4.78 is 11.0. The predicted molar refractivity (Wildman–Crippen MR) is 129 cm³/mol. The standard InChI is InChI=1S/C27H26N2O3/c1-31-22-14-21(15-23(16-22)32-2)28-11-12-29(18-30)26(17-28)27-24-9-5-3-7-19(24)13-20-8-4-6-10-25(20)27/h3-10,13-16,18,26H,11-12,17H2,1-2H3. The number of fused-ring (bicyclic) bond motifs is 2. The molecule has 162 valence electrons. The molecule has 0 N–H and O–H groups in total. The number of carbonyl (C=O) groups excluding carboxylic acids is 1. The molecule has 32 heavy (non-hydrogen) atoms. The summed E-state index contributed by atoms with van der Waals surface area (Å²) in [7, 11) is 3.32. The highest BCUT2D eigenvalue weighted by Crippen LogP contribution is 2.38. The van der Waals surface area contributed by atoms with Crippen LogP contribution in [0.1, 0.15) is 11.6 Å². The molecule has 1 heterocycles. The summed E-state index contributed by atoms with van der Waals surface area (Å²) in [5.74, 6) is 1.51. The van der Waals surface area contributed by atoms with E-state index in [1.807, 2.05) is 23.1 Å². The normalized spacial score (nSPS) is 16.4. The number of hydrogen-bond acceptors (Lipinski definition) is 4. The van der Waals surface area contributed by atoms with Crippen molar-refractivity contribution in [2.75, 3.05) is 38.8 Å². The quantitative estimate of drug-likeness (QED) is 0.332. The number of rotatable bonds is 5. The third kappa shape index (κ3) is 3.50. The average molecular weight is 427 g/mol. The van der Waals surface area contributed by atoms with Crippen LogP contribution < -0.4 is 14.4 Å². The van der Waals surface area contributed by atoms with Crippen molar-refractivity contribution in [3.05, 3.63) is 78.4 Å². The zero-order chi connectivity index (χ0) is 22.1. The molecule has 0 saturated carbocycles. The summed E-state index contributed by atoms with van der Waals surface area (Å²) in [4.78, 5) is 16.4. The molecule has 1 aliphatic rings. The monoisotopic (exact) mass is 426 g/mol. The van der Waals surface area contributed by atoms with Crippen molar-refractivity contribution in [1.82, 2.24) is 4.90 Å². The lowest BCUT2D eigenvalue weighted by atomic mass is 9.90. The Morgan fingerprint density at radius 3 is 1.97 bits per heavy atom. The number of carbonyl (C=O) groups is 1. The second-order valence-electron chi connectivity index (χ2n) is 8.11. The van der Waals surface area contributed by atoms with Crippen LogP contribution in [0.3, 0.4) is 0 Å². The Labute approximate surface area is 187 Å². The second kappa shape index (κ2) is 8.42. The fourth-order valence-electron chi connectivity index (χ4n) is 4.80. The van der Waals surface area contributed by atoms with Gasteiger partial charge in [0, 0.05) is 43.5 Å².